The number of fused-ring (bicyclic) bond motifs is 1. The minimum atomic E-state index is -0.0431. The molecule has 1 aliphatic rings. The van der Waals surface area contributed by atoms with Crippen molar-refractivity contribution in [1.82, 2.24) is 4.90 Å². The molecule has 1 aliphatic heterocycles. The number of nitrogens with two attached hydrogens (primary N) is 1. The Balaban J connectivity index is 2.15. The van der Waals surface area contributed by atoms with Gasteiger partial charge in [-0.25, -0.2) is 0 Å². The summed E-state index contributed by atoms with van der Waals surface area (Å²) in [5.74, 6) is 2.12. The number of rotatable bonds is 4. The summed E-state index contributed by atoms with van der Waals surface area (Å²) in [5, 5.41) is 11.5. The van der Waals surface area contributed by atoms with Gasteiger partial charge in [-0.3, -0.25) is 4.79 Å². The molecule has 0 aromatic carbocycles. The number of hydrogen-bond donors (Lipinski definition) is 2. The molecule has 2 rings (SSSR count). The smallest absolute Gasteiger partial charge is 0.264 e. The lowest BCUT2D eigenvalue weighted by atomic mass is 10.2. The number of likely N-dealkylation sites (N-methyl/N-ethyl adjacent to an activating group) is 1. The summed E-state index contributed by atoms with van der Waals surface area (Å²) in [7, 11) is 0. The monoisotopic (exact) mass is 299 g/mol. The Kier molecular flexibility index (Phi) is 4.71. The SMILES string of the molecule is CCN(CC(N)=NO)C(=O)c1cc2c(s1)CCSC2. The van der Waals surface area contributed by atoms with Gasteiger partial charge in [0.25, 0.3) is 5.91 Å². The van der Waals surface area contributed by atoms with Gasteiger partial charge in [0.2, 0.25) is 0 Å². The number of carbonyl (C=O) groups excluding carboxylic acids is 1. The molecule has 1 amide bonds. The van der Waals surface area contributed by atoms with Gasteiger partial charge in [-0.15, -0.1) is 11.3 Å². The number of oxime groups is 1. The number of nitrogens with zero attached hydrogens (tertiary/aromatic N) is 2. The standard InChI is InChI=1S/C12H17N3O2S2/c1-2-15(6-11(13)14-17)12(16)10-5-8-7-18-4-3-9(8)19-10/h5,17H,2-4,6-7H2,1H3,(H2,13,14). The predicted molar refractivity (Wildman–Crippen MR) is 79.2 cm³/mol. The molecule has 2 heterocycles. The molecule has 0 bridgehead atoms. The molecule has 104 valence electrons. The average Bonchev–Trinajstić information content (AvgIpc) is 2.87. The van der Waals surface area contributed by atoms with E-state index in [4.69, 9.17) is 10.9 Å². The highest BCUT2D eigenvalue weighted by Gasteiger charge is 2.21. The van der Waals surface area contributed by atoms with Crippen LogP contribution in [0.1, 0.15) is 27.0 Å². The van der Waals surface area contributed by atoms with E-state index in [0.29, 0.717) is 6.54 Å². The lowest BCUT2D eigenvalue weighted by Gasteiger charge is -2.18. The van der Waals surface area contributed by atoms with Crippen molar-refractivity contribution < 1.29 is 10.0 Å². The zero-order chi connectivity index (χ0) is 13.8. The molecule has 0 radical (unpaired) electrons. The van der Waals surface area contributed by atoms with Crippen molar-refractivity contribution in [2.24, 2.45) is 10.9 Å². The third-order valence-electron chi connectivity index (χ3n) is 2.99. The molecule has 7 heteroatoms. The fraction of sp³-hybridized carbons (Fsp3) is 0.500. The molecule has 0 aliphatic carbocycles. The summed E-state index contributed by atoms with van der Waals surface area (Å²) in [5.41, 5.74) is 6.75. The number of thioether (sulfide) groups is 1. The zero-order valence-electron chi connectivity index (χ0n) is 10.8. The minimum Gasteiger partial charge on any atom is -0.409 e. The molecule has 5 nitrogen and oxygen atoms in total. The fourth-order valence-corrected chi connectivity index (χ4v) is 4.30. The quantitative estimate of drug-likeness (QED) is 0.384. The van der Waals surface area contributed by atoms with Gasteiger partial charge in [-0.05, 0) is 30.7 Å². The van der Waals surface area contributed by atoms with E-state index in [-0.39, 0.29) is 18.3 Å². The highest BCUT2D eigenvalue weighted by molar-refractivity contribution is 7.98. The van der Waals surface area contributed by atoms with Crippen LogP contribution in [-0.4, -0.2) is 40.7 Å². The Hall–Kier alpha value is -1.21. The highest BCUT2D eigenvalue weighted by Crippen LogP contribution is 2.32. The second kappa shape index (κ2) is 6.29. The van der Waals surface area contributed by atoms with E-state index in [2.05, 4.69) is 5.16 Å². The van der Waals surface area contributed by atoms with Gasteiger partial charge in [-0.2, -0.15) is 11.8 Å². The zero-order valence-corrected chi connectivity index (χ0v) is 12.4. The van der Waals surface area contributed by atoms with E-state index in [1.165, 1.54) is 10.4 Å². The second-order valence-electron chi connectivity index (χ2n) is 4.27. The summed E-state index contributed by atoms with van der Waals surface area (Å²) >= 11 is 3.47. The lowest BCUT2D eigenvalue weighted by Crippen LogP contribution is -2.38. The van der Waals surface area contributed by atoms with E-state index in [1.807, 2.05) is 24.8 Å². The van der Waals surface area contributed by atoms with Gasteiger partial charge >= 0.3 is 0 Å². The van der Waals surface area contributed by atoms with Gasteiger partial charge in [0.05, 0.1) is 11.4 Å². The van der Waals surface area contributed by atoms with Gasteiger partial charge in [0.1, 0.15) is 0 Å². The molecule has 0 saturated carbocycles. The first-order valence-corrected chi connectivity index (χ1v) is 8.07. The number of thiophene rings is 1. The van der Waals surface area contributed by atoms with Crippen LogP contribution < -0.4 is 5.73 Å². The normalized spacial score (nSPS) is 15.1. The molecule has 0 saturated heterocycles. The van der Waals surface area contributed by atoms with Crippen molar-refractivity contribution in [3.8, 4) is 0 Å². The molecular weight excluding hydrogens is 282 g/mol. The molecule has 0 atom stereocenters. The Morgan fingerprint density at radius 1 is 1.63 bits per heavy atom. The van der Waals surface area contributed by atoms with Gasteiger partial charge < -0.3 is 15.8 Å². The third-order valence-corrected chi connectivity index (χ3v) is 5.22. The van der Waals surface area contributed by atoms with E-state index in [1.54, 1.807) is 16.2 Å². The summed E-state index contributed by atoms with van der Waals surface area (Å²) in [4.78, 5) is 16.0. The molecule has 1 aromatic heterocycles. The van der Waals surface area contributed by atoms with Crippen molar-refractivity contribution in [3.63, 3.8) is 0 Å². The van der Waals surface area contributed by atoms with Gasteiger partial charge in [0, 0.05) is 17.2 Å². The number of amides is 1. The number of hydrogen-bond acceptors (Lipinski definition) is 5. The molecule has 0 unspecified atom stereocenters. The van der Waals surface area contributed by atoms with Crippen LogP contribution in [0.2, 0.25) is 0 Å². The first kappa shape index (κ1) is 14.2. The number of aryl methyl sites for hydroxylation is 1. The maximum atomic E-state index is 12.4. The Morgan fingerprint density at radius 3 is 3.05 bits per heavy atom. The summed E-state index contributed by atoms with van der Waals surface area (Å²) in [6.07, 6.45) is 1.05. The van der Waals surface area contributed by atoms with Crippen molar-refractivity contribution in [1.29, 1.82) is 0 Å². The molecule has 3 N–H and O–H groups in total. The van der Waals surface area contributed by atoms with Crippen LogP contribution in [0.4, 0.5) is 0 Å². The maximum absolute atomic E-state index is 12.4. The first-order chi connectivity index (χ1) is 9.15. The Morgan fingerprint density at radius 2 is 2.42 bits per heavy atom. The lowest BCUT2D eigenvalue weighted by molar-refractivity contribution is 0.0791. The number of carbonyl (C=O) groups is 1. The predicted octanol–water partition coefficient (Wildman–Crippen LogP) is 1.75. The number of amidine groups is 1. The maximum Gasteiger partial charge on any atom is 0.264 e. The van der Waals surface area contributed by atoms with Crippen LogP contribution >= 0.6 is 23.1 Å². The van der Waals surface area contributed by atoms with E-state index in [9.17, 15) is 4.79 Å². The van der Waals surface area contributed by atoms with Crippen LogP contribution in [0.3, 0.4) is 0 Å². The van der Waals surface area contributed by atoms with E-state index in [0.717, 1.165) is 22.8 Å². The van der Waals surface area contributed by atoms with Crippen LogP contribution in [0.15, 0.2) is 11.2 Å². The molecule has 0 fully saturated rings. The van der Waals surface area contributed by atoms with Crippen molar-refractivity contribution in [3.05, 3.63) is 21.4 Å². The van der Waals surface area contributed by atoms with Crippen LogP contribution in [0.25, 0.3) is 0 Å². The van der Waals surface area contributed by atoms with Crippen LogP contribution in [-0.2, 0) is 12.2 Å². The van der Waals surface area contributed by atoms with Gasteiger partial charge in [0.15, 0.2) is 5.84 Å². The average molecular weight is 299 g/mol. The van der Waals surface area contributed by atoms with Crippen molar-refractivity contribution >= 4 is 34.8 Å². The molecule has 1 aromatic rings. The van der Waals surface area contributed by atoms with Crippen LogP contribution in [0, 0.1) is 0 Å². The van der Waals surface area contributed by atoms with Gasteiger partial charge in [-0.1, -0.05) is 5.16 Å². The van der Waals surface area contributed by atoms with Crippen molar-refractivity contribution in [2.75, 3.05) is 18.8 Å². The van der Waals surface area contributed by atoms with Crippen molar-refractivity contribution in [2.45, 2.75) is 19.1 Å². The Labute approximate surface area is 120 Å². The van der Waals surface area contributed by atoms with Crippen LogP contribution in [0.5, 0.6) is 0 Å². The fourth-order valence-electron chi connectivity index (χ4n) is 1.96. The summed E-state index contributed by atoms with van der Waals surface area (Å²) < 4.78 is 0. The third kappa shape index (κ3) is 3.22. The minimum absolute atomic E-state index is 0.0431. The molecule has 0 spiro atoms. The van der Waals surface area contributed by atoms with E-state index < -0.39 is 0 Å². The molecular formula is C12H17N3O2S2. The summed E-state index contributed by atoms with van der Waals surface area (Å²) in [6, 6.07) is 1.99. The Bertz CT molecular complexity index is 476. The topological polar surface area (TPSA) is 78.9 Å². The highest BCUT2D eigenvalue weighted by atomic mass is 32.2. The van der Waals surface area contributed by atoms with E-state index >= 15 is 0 Å². The second-order valence-corrected chi connectivity index (χ2v) is 6.51. The summed E-state index contributed by atoms with van der Waals surface area (Å²) in [6.45, 7) is 2.57. The first-order valence-electron chi connectivity index (χ1n) is 6.10. The largest absolute Gasteiger partial charge is 0.409 e. The molecule has 19 heavy (non-hydrogen) atoms.